The van der Waals surface area contributed by atoms with Crippen LogP contribution >= 0.6 is 11.6 Å². The Kier molecular flexibility index (Phi) is 4.48. The summed E-state index contributed by atoms with van der Waals surface area (Å²) in [6.45, 7) is 1.69. The molecule has 1 aromatic carbocycles. The van der Waals surface area contributed by atoms with Crippen LogP contribution in [0.3, 0.4) is 0 Å². The lowest BCUT2D eigenvalue weighted by Gasteiger charge is -2.28. The summed E-state index contributed by atoms with van der Waals surface area (Å²) in [6, 6.07) is 11.3. The van der Waals surface area contributed by atoms with E-state index in [0.29, 0.717) is 22.1 Å². The number of amides is 3. The van der Waals surface area contributed by atoms with Crippen molar-refractivity contribution in [3.63, 3.8) is 0 Å². The van der Waals surface area contributed by atoms with Gasteiger partial charge in [0.1, 0.15) is 5.82 Å². The molecule has 2 heterocycles. The molecular weight excluding hydrogens is 328 g/mol. The number of carbonyl (C=O) groups excluding carboxylic acids is 2. The van der Waals surface area contributed by atoms with E-state index in [9.17, 15) is 9.59 Å². The number of benzene rings is 1. The molecule has 0 spiro atoms. The van der Waals surface area contributed by atoms with Crippen LogP contribution in [0, 0.1) is 0 Å². The summed E-state index contributed by atoms with van der Waals surface area (Å²) in [5.74, 6) is 0.105. The molecule has 0 bridgehead atoms. The van der Waals surface area contributed by atoms with E-state index in [0.717, 1.165) is 5.56 Å². The fourth-order valence-electron chi connectivity index (χ4n) is 2.52. The molecule has 0 radical (unpaired) electrons. The highest BCUT2D eigenvalue weighted by atomic mass is 35.5. The van der Waals surface area contributed by atoms with Gasteiger partial charge in [0.15, 0.2) is 0 Å². The molecule has 122 valence electrons. The lowest BCUT2D eigenvalue weighted by Crippen LogP contribution is -2.46. The number of aromatic nitrogens is 1. The van der Waals surface area contributed by atoms with Gasteiger partial charge in [-0.05, 0) is 36.8 Å². The maximum atomic E-state index is 12.7. The number of nitrogens with one attached hydrogen (secondary N) is 3. The van der Waals surface area contributed by atoms with E-state index >= 15 is 0 Å². The second-order valence-electron chi connectivity index (χ2n) is 5.29. The van der Waals surface area contributed by atoms with Crippen LogP contribution in [0.15, 0.2) is 59.9 Å². The summed E-state index contributed by atoms with van der Waals surface area (Å²) in [5.41, 5.74) is 1.68. The number of hydrogen-bond donors (Lipinski definition) is 3. The van der Waals surface area contributed by atoms with Crippen LogP contribution < -0.4 is 16.0 Å². The molecule has 3 amide bonds. The quantitative estimate of drug-likeness (QED) is 0.801. The van der Waals surface area contributed by atoms with Crippen LogP contribution in [0.5, 0.6) is 0 Å². The van der Waals surface area contributed by atoms with E-state index in [1.54, 1.807) is 55.6 Å². The maximum Gasteiger partial charge on any atom is 0.319 e. The Balaban J connectivity index is 1.94. The highest BCUT2D eigenvalue weighted by Gasteiger charge is 2.31. The number of allylic oxidation sites excluding steroid dienone is 1. The second-order valence-corrected chi connectivity index (χ2v) is 5.73. The molecule has 0 aliphatic carbocycles. The first kappa shape index (κ1) is 16.0. The summed E-state index contributed by atoms with van der Waals surface area (Å²) in [5, 5.41) is 8.72. The molecule has 2 aromatic rings. The summed E-state index contributed by atoms with van der Waals surface area (Å²) >= 11 is 5.91. The van der Waals surface area contributed by atoms with Crippen molar-refractivity contribution in [3.05, 3.63) is 70.5 Å². The molecule has 6 nitrogen and oxygen atoms in total. The van der Waals surface area contributed by atoms with Crippen molar-refractivity contribution in [2.45, 2.75) is 13.0 Å². The van der Waals surface area contributed by atoms with E-state index < -0.39 is 6.04 Å². The maximum absolute atomic E-state index is 12.7. The highest BCUT2D eigenvalue weighted by molar-refractivity contribution is 6.30. The number of nitrogens with zero attached hydrogens (tertiary/aromatic N) is 1. The average molecular weight is 343 g/mol. The van der Waals surface area contributed by atoms with Crippen molar-refractivity contribution in [1.29, 1.82) is 0 Å². The van der Waals surface area contributed by atoms with E-state index in [-0.39, 0.29) is 11.9 Å². The molecule has 1 atom stereocenters. The molecule has 1 aliphatic rings. The summed E-state index contributed by atoms with van der Waals surface area (Å²) in [6.07, 6.45) is 1.59. The Bertz CT molecular complexity index is 803. The fourth-order valence-corrected chi connectivity index (χ4v) is 2.65. The third-order valence-corrected chi connectivity index (χ3v) is 3.88. The predicted octanol–water partition coefficient (Wildman–Crippen LogP) is 3.00. The van der Waals surface area contributed by atoms with Crippen molar-refractivity contribution < 1.29 is 9.59 Å². The SMILES string of the molecule is CC1=C(C(=O)Nc2ccccn2)C(c2ccc(Cl)cc2)NC(=O)N1. The van der Waals surface area contributed by atoms with Gasteiger partial charge in [-0.25, -0.2) is 9.78 Å². The summed E-state index contributed by atoms with van der Waals surface area (Å²) in [4.78, 5) is 28.6. The number of carbonyl (C=O) groups is 2. The first-order valence-electron chi connectivity index (χ1n) is 7.31. The number of urea groups is 1. The van der Waals surface area contributed by atoms with Crippen LogP contribution in [0.25, 0.3) is 0 Å². The minimum Gasteiger partial charge on any atom is -0.327 e. The first-order valence-corrected chi connectivity index (χ1v) is 7.68. The Hall–Kier alpha value is -2.86. The van der Waals surface area contributed by atoms with Gasteiger partial charge >= 0.3 is 6.03 Å². The number of halogens is 1. The number of anilines is 1. The molecule has 24 heavy (non-hydrogen) atoms. The Morgan fingerprint density at radius 3 is 2.62 bits per heavy atom. The van der Waals surface area contributed by atoms with Gasteiger partial charge in [-0.3, -0.25) is 4.79 Å². The normalized spacial score (nSPS) is 17.1. The topological polar surface area (TPSA) is 83.1 Å². The lowest BCUT2D eigenvalue weighted by molar-refractivity contribution is -0.113. The standard InChI is InChI=1S/C17H15ClN4O2/c1-10-14(16(23)21-13-4-2-3-9-19-13)15(22-17(24)20-10)11-5-7-12(18)8-6-11/h2-9,15H,1H3,(H,19,21,23)(H2,20,22,24). The van der Waals surface area contributed by atoms with Gasteiger partial charge in [0.05, 0.1) is 11.6 Å². The molecule has 3 rings (SSSR count). The van der Waals surface area contributed by atoms with Gasteiger partial charge in [0.25, 0.3) is 5.91 Å². The van der Waals surface area contributed by atoms with Crippen LogP contribution in [0.2, 0.25) is 5.02 Å². The van der Waals surface area contributed by atoms with Crippen molar-refractivity contribution in [1.82, 2.24) is 15.6 Å². The predicted molar refractivity (Wildman–Crippen MR) is 91.4 cm³/mol. The third-order valence-electron chi connectivity index (χ3n) is 3.62. The van der Waals surface area contributed by atoms with Crippen LogP contribution in [0.4, 0.5) is 10.6 Å². The van der Waals surface area contributed by atoms with Crippen molar-refractivity contribution >= 4 is 29.4 Å². The Morgan fingerprint density at radius 1 is 1.21 bits per heavy atom. The van der Waals surface area contributed by atoms with Crippen LogP contribution in [0.1, 0.15) is 18.5 Å². The van der Waals surface area contributed by atoms with E-state index in [4.69, 9.17) is 11.6 Å². The Morgan fingerprint density at radius 2 is 1.96 bits per heavy atom. The summed E-state index contributed by atoms with van der Waals surface area (Å²) < 4.78 is 0. The van der Waals surface area contributed by atoms with E-state index in [2.05, 4.69) is 20.9 Å². The zero-order valence-corrected chi connectivity index (χ0v) is 13.6. The van der Waals surface area contributed by atoms with Gasteiger partial charge in [0, 0.05) is 16.9 Å². The molecule has 1 aromatic heterocycles. The molecule has 3 N–H and O–H groups in total. The first-order chi connectivity index (χ1) is 11.5. The fraction of sp³-hybridized carbons (Fsp3) is 0.118. The van der Waals surface area contributed by atoms with Crippen molar-refractivity contribution in [2.75, 3.05) is 5.32 Å². The minimum absolute atomic E-state index is 0.335. The zero-order valence-electron chi connectivity index (χ0n) is 12.8. The monoisotopic (exact) mass is 342 g/mol. The molecule has 0 fully saturated rings. The van der Waals surface area contributed by atoms with Crippen molar-refractivity contribution in [2.24, 2.45) is 0 Å². The third kappa shape index (κ3) is 3.38. The molecule has 1 unspecified atom stereocenters. The van der Waals surface area contributed by atoms with Gasteiger partial charge in [-0.15, -0.1) is 0 Å². The molecule has 0 saturated carbocycles. The average Bonchev–Trinajstić information content (AvgIpc) is 2.55. The Labute approximate surface area is 143 Å². The van der Waals surface area contributed by atoms with E-state index in [1.807, 2.05) is 0 Å². The molecular formula is C17H15ClN4O2. The van der Waals surface area contributed by atoms with Crippen LogP contribution in [-0.4, -0.2) is 16.9 Å². The van der Waals surface area contributed by atoms with Gasteiger partial charge < -0.3 is 16.0 Å². The van der Waals surface area contributed by atoms with Gasteiger partial charge in [-0.1, -0.05) is 29.8 Å². The number of hydrogen-bond acceptors (Lipinski definition) is 3. The van der Waals surface area contributed by atoms with Crippen LogP contribution in [-0.2, 0) is 4.79 Å². The smallest absolute Gasteiger partial charge is 0.319 e. The van der Waals surface area contributed by atoms with E-state index in [1.165, 1.54) is 0 Å². The molecule has 7 heteroatoms. The molecule has 0 saturated heterocycles. The second kappa shape index (κ2) is 6.72. The lowest BCUT2D eigenvalue weighted by atomic mass is 9.95. The number of rotatable bonds is 3. The highest BCUT2D eigenvalue weighted by Crippen LogP contribution is 2.28. The summed E-state index contributed by atoms with van der Waals surface area (Å²) in [7, 11) is 0. The molecule has 1 aliphatic heterocycles. The number of pyridine rings is 1. The largest absolute Gasteiger partial charge is 0.327 e. The van der Waals surface area contributed by atoms with Gasteiger partial charge in [0.2, 0.25) is 0 Å². The van der Waals surface area contributed by atoms with Gasteiger partial charge in [-0.2, -0.15) is 0 Å². The van der Waals surface area contributed by atoms with Crippen molar-refractivity contribution in [3.8, 4) is 0 Å². The zero-order chi connectivity index (χ0) is 17.1. The minimum atomic E-state index is -0.570.